The lowest BCUT2D eigenvalue weighted by molar-refractivity contribution is 0.267. The van der Waals surface area contributed by atoms with Crippen molar-refractivity contribution in [2.24, 2.45) is 0 Å². The zero-order chi connectivity index (χ0) is 21.2. The lowest BCUT2D eigenvalue weighted by Gasteiger charge is -2.36. The van der Waals surface area contributed by atoms with E-state index >= 15 is 0 Å². The topological polar surface area (TPSA) is 61.6 Å². The summed E-state index contributed by atoms with van der Waals surface area (Å²) in [5, 5.41) is 13.1. The summed E-state index contributed by atoms with van der Waals surface area (Å²) in [4.78, 5) is 9.70. The molecule has 0 bridgehead atoms. The van der Waals surface area contributed by atoms with Crippen molar-refractivity contribution in [1.82, 2.24) is 24.5 Å². The number of aromatic nitrogens is 4. The van der Waals surface area contributed by atoms with Crippen LogP contribution in [0.4, 0.5) is 11.5 Å². The van der Waals surface area contributed by atoms with E-state index in [0.717, 1.165) is 79.0 Å². The number of rotatable bonds is 6. The average Bonchev–Trinajstić information content (AvgIpc) is 3.24. The van der Waals surface area contributed by atoms with E-state index in [0.29, 0.717) is 0 Å². The number of para-hydroxylation sites is 2. The number of piperazine rings is 1. The predicted molar refractivity (Wildman–Crippen MR) is 126 cm³/mol. The van der Waals surface area contributed by atoms with Crippen LogP contribution in [0.1, 0.15) is 12.7 Å². The lowest BCUT2D eigenvalue weighted by Crippen LogP contribution is -2.47. The number of hydrogen-bond donors (Lipinski definition) is 1. The van der Waals surface area contributed by atoms with Crippen LogP contribution in [0.2, 0.25) is 5.02 Å². The van der Waals surface area contributed by atoms with Crippen LogP contribution in [0.15, 0.2) is 48.5 Å². The quantitative estimate of drug-likeness (QED) is 0.498. The second-order valence-electron chi connectivity index (χ2n) is 7.81. The zero-order valence-corrected chi connectivity index (χ0v) is 18.4. The third-order valence-corrected chi connectivity index (χ3v) is 6.11. The summed E-state index contributed by atoms with van der Waals surface area (Å²) in [6.45, 7) is 7.93. The molecule has 160 valence electrons. The molecule has 4 aromatic rings. The van der Waals surface area contributed by atoms with Gasteiger partial charge in [0.25, 0.3) is 0 Å². The molecule has 0 atom stereocenters. The highest BCUT2D eigenvalue weighted by Gasteiger charge is 2.18. The number of hydrogen-bond acceptors (Lipinski definition) is 6. The Morgan fingerprint density at radius 2 is 1.84 bits per heavy atom. The van der Waals surface area contributed by atoms with E-state index < -0.39 is 0 Å². The number of fused-ring (bicyclic) bond motifs is 3. The number of anilines is 2. The molecule has 2 aromatic heterocycles. The van der Waals surface area contributed by atoms with E-state index in [-0.39, 0.29) is 0 Å². The van der Waals surface area contributed by atoms with Crippen molar-refractivity contribution < 1.29 is 0 Å². The van der Waals surface area contributed by atoms with Gasteiger partial charge in [0.1, 0.15) is 5.82 Å². The molecule has 1 fully saturated rings. The van der Waals surface area contributed by atoms with Gasteiger partial charge in [-0.1, -0.05) is 36.7 Å². The highest BCUT2D eigenvalue weighted by atomic mass is 35.5. The Morgan fingerprint density at radius 1 is 1.00 bits per heavy atom. The fraction of sp³-hybridized carbons (Fsp3) is 0.348. The summed E-state index contributed by atoms with van der Waals surface area (Å²) < 4.78 is 2.12. The minimum Gasteiger partial charge on any atom is -0.369 e. The Morgan fingerprint density at radius 3 is 2.65 bits per heavy atom. The summed E-state index contributed by atoms with van der Waals surface area (Å²) in [7, 11) is 0. The Labute approximate surface area is 186 Å². The maximum absolute atomic E-state index is 6.15. The first-order chi connectivity index (χ1) is 15.2. The summed E-state index contributed by atoms with van der Waals surface area (Å²) >= 11 is 6.15. The molecule has 3 heterocycles. The molecule has 0 unspecified atom stereocenters. The molecule has 2 aromatic carbocycles. The fourth-order valence-corrected chi connectivity index (χ4v) is 4.41. The van der Waals surface area contributed by atoms with E-state index in [1.165, 1.54) is 5.69 Å². The molecule has 0 radical (unpaired) electrons. The molecule has 5 rings (SSSR count). The molecule has 0 saturated carbocycles. The molecule has 31 heavy (non-hydrogen) atoms. The van der Waals surface area contributed by atoms with Crippen LogP contribution in [0.5, 0.6) is 0 Å². The van der Waals surface area contributed by atoms with Gasteiger partial charge >= 0.3 is 0 Å². The van der Waals surface area contributed by atoms with Gasteiger partial charge in [0.05, 0.1) is 11.0 Å². The number of halogens is 1. The molecular weight excluding hydrogens is 410 g/mol. The van der Waals surface area contributed by atoms with Crippen molar-refractivity contribution >= 4 is 39.8 Å². The van der Waals surface area contributed by atoms with Crippen molar-refractivity contribution in [2.45, 2.75) is 13.3 Å². The van der Waals surface area contributed by atoms with Crippen molar-refractivity contribution in [3.63, 3.8) is 0 Å². The van der Waals surface area contributed by atoms with Crippen LogP contribution in [0, 0.1) is 0 Å². The van der Waals surface area contributed by atoms with Crippen molar-refractivity contribution in [3.8, 4) is 0 Å². The van der Waals surface area contributed by atoms with Gasteiger partial charge in [-0.15, -0.1) is 10.2 Å². The second kappa shape index (κ2) is 8.69. The van der Waals surface area contributed by atoms with Gasteiger partial charge in [0, 0.05) is 56.4 Å². The van der Waals surface area contributed by atoms with Crippen molar-refractivity contribution in [1.29, 1.82) is 0 Å². The fourth-order valence-electron chi connectivity index (χ4n) is 4.22. The molecule has 0 amide bonds. The number of nitrogens with zero attached hydrogens (tertiary/aromatic N) is 6. The van der Waals surface area contributed by atoms with E-state index in [2.05, 4.69) is 48.8 Å². The first-order valence-corrected chi connectivity index (χ1v) is 11.2. The van der Waals surface area contributed by atoms with E-state index in [9.17, 15) is 0 Å². The molecule has 1 saturated heterocycles. The lowest BCUT2D eigenvalue weighted by atomic mass is 10.2. The molecule has 0 aliphatic carbocycles. The van der Waals surface area contributed by atoms with Crippen LogP contribution in [-0.2, 0) is 6.42 Å². The number of benzene rings is 2. The minimum absolute atomic E-state index is 0.790. The Balaban J connectivity index is 1.24. The Hall–Kier alpha value is -2.90. The minimum atomic E-state index is 0.790. The summed E-state index contributed by atoms with van der Waals surface area (Å²) in [6.07, 6.45) is 0.825. The Bertz CT molecular complexity index is 1200. The van der Waals surface area contributed by atoms with E-state index in [1.807, 2.05) is 36.4 Å². The summed E-state index contributed by atoms with van der Waals surface area (Å²) in [6, 6.07) is 16.2. The van der Waals surface area contributed by atoms with Gasteiger partial charge in [-0.25, -0.2) is 4.98 Å². The predicted octanol–water partition coefficient (Wildman–Crippen LogP) is 3.73. The number of nitrogens with one attached hydrogen (secondary N) is 1. The summed E-state index contributed by atoms with van der Waals surface area (Å²) in [5.41, 5.74) is 3.98. The normalized spacial score (nSPS) is 15.1. The van der Waals surface area contributed by atoms with Crippen molar-refractivity contribution in [3.05, 3.63) is 59.4 Å². The maximum atomic E-state index is 6.15. The number of aryl methyl sites for hydroxylation is 1. The molecule has 1 aliphatic heterocycles. The van der Waals surface area contributed by atoms with Crippen molar-refractivity contribution in [2.75, 3.05) is 49.5 Å². The average molecular weight is 436 g/mol. The van der Waals surface area contributed by atoms with Gasteiger partial charge in [-0.05, 0) is 30.3 Å². The largest absolute Gasteiger partial charge is 0.369 e. The van der Waals surface area contributed by atoms with Crippen LogP contribution in [-0.4, -0.2) is 63.8 Å². The summed E-state index contributed by atoms with van der Waals surface area (Å²) in [5.74, 6) is 1.75. The first kappa shape index (κ1) is 20.0. The third kappa shape index (κ3) is 4.03. The molecule has 7 nitrogen and oxygen atoms in total. The zero-order valence-electron chi connectivity index (χ0n) is 17.6. The highest BCUT2D eigenvalue weighted by molar-refractivity contribution is 6.30. The second-order valence-corrected chi connectivity index (χ2v) is 8.25. The SMILES string of the molecule is CCc1nnc2c(NCCN3CCN(c4cccc(Cl)c4)CC3)nc3ccccc3n12. The highest BCUT2D eigenvalue weighted by Crippen LogP contribution is 2.23. The molecule has 0 spiro atoms. The van der Waals surface area contributed by atoms with Gasteiger partial charge in [-0.2, -0.15) is 0 Å². The monoisotopic (exact) mass is 435 g/mol. The van der Waals surface area contributed by atoms with Crippen LogP contribution in [0.25, 0.3) is 16.7 Å². The van der Waals surface area contributed by atoms with Crippen LogP contribution < -0.4 is 10.2 Å². The molecule has 1 N–H and O–H groups in total. The van der Waals surface area contributed by atoms with E-state index in [4.69, 9.17) is 16.6 Å². The van der Waals surface area contributed by atoms with E-state index in [1.54, 1.807) is 0 Å². The van der Waals surface area contributed by atoms with Gasteiger partial charge in [0.2, 0.25) is 5.65 Å². The Kier molecular flexibility index (Phi) is 5.61. The first-order valence-electron chi connectivity index (χ1n) is 10.8. The van der Waals surface area contributed by atoms with Gasteiger partial charge in [0.15, 0.2) is 5.82 Å². The maximum Gasteiger partial charge on any atom is 0.204 e. The standard InChI is InChI=1S/C23H26ClN7/c1-2-21-27-28-23-22(26-19-8-3-4-9-20(19)31(21)23)25-10-11-29-12-14-30(15-13-29)18-7-5-6-17(24)16-18/h3-9,16H,2,10-15H2,1H3,(H,25,26). The van der Waals surface area contributed by atoms with Gasteiger partial charge in [-0.3, -0.25) is 9.30 Å². The third-order valence-electron chi connectivity index (χ3n) is 5.88. The van der Waals surface area contributed by atoms with Gasteiger partial charge < -0.3 is 10.2 Å². The molecular formula is C23H26ClN7. The molecule has 1 aliphatic rings. The van der Waals surface area contributed by atoms with Crippen LogP contribution in [0.3, 0.4) is 0 Å². The smallest absolute Gasteiger partial charge is 0.204 e. The molecule has 8 heteroatoms. The van der Waals surface area contributed by atoms with Crippen LogP contribution >= 0.6 is 11.6 Å².